The number of aliphatic hydroxyl groups excluding tert-OH is 1. The summed E-state index contributed by atoms with van der Waals surface area (Å²) in [6, 6.07) is 0. The van der Waals surface area contributed by atoms with Crippen molar-refractivity contribution in [1.82, 2.24) is 0 Å². The Hall–Kier alpha value is 0.590. The lowest BCUT2D eigenvalue weighted by molar-refractivity contribution is 0.135. The van der Waals surface area contributed by atoms with Crippen LogP contribution in [0.5, 0.6) is 0 Å². The number of hydrogen-bond acceptors (Lipinski definition) is 3. The molecule has 0 unspecified atom stereocenters. The molecule has 11 heavy (non-hydrogen) atoms. The average molecular weight is 196 g/mol. The highest BCUT2D eigenvalue weighted by molar-refractivity contribution is 8.17. The third kappa shape index (κ3) is 3.67. The molecule has 0 aromatic carbocycles. The second kappa shape index (κ2) is 5.27. The standard InChI is InChI=1S/C7H13FOS2/c8-5-6(9)4-7-10-2-1-3-11-7/h6-7,9H,1-5H2/t6-/m0/s1. The first kappa shape index (κ1) is 9.68. The van der Waals surface area contributed by atoms with Crippen molar-refractivity contribution in [2.45, 2.75) is 23.5 Å². The Morgan fingerprint density at radius 1 is 1.45 bits per heavy atom. The van der Waals surface area contributed by atoms with Crippen molar-refractivity contribution in [1.29, 1.82) is 0 Å². The van der Waals surface area contributed by atoms with Crippen LogP contribution in [0.4, 0.5) is 4.39 Å². The Balaban J connectivity index is 2.13. The quantitative estimate of drug-likeness (QED) is 0.744. The van der Waals surface area contributed by atoms with Crippen LogP contribution in [-0.4, -0.2) is 34.0 Å². The summed E-state index contributed by atoms with van der Waals surface area (Å²) in [5.74, 6) is 2.33. The Bertz CT molecular complexity index is 107. The predicted molar refractivity (Wildman–Crippen MR) is 49.9 cm³/mol. The molecule has 1 rings (SSSR count). The molecule has 1 fully saturated rings. The number of hydrogen-bond donors (Lipinski definition) is 1. The number of alkyl halides is 1. The van der Waals surface area contributed by atoms with Gasteiger partial charge in [0.2, 0.25) is 0 Å². The van der Waals surface area contributed by atoms with Gasteiger partial charge in [0.1, 0.15) is 6.67 Å². The summed E-state index contributed by atoms with van der Waals surface area (Å²) in [6.07, 6.45) is 1.11. The third-order valence-electron chi connectivity index (χ3n) is 1.54. The van der Waals surface area contributed by atoms with Gasteiger partial charge in [0.25, 0.3) is 0 Å². The van der Waals surface area contributed by atoms with Crippen LogP contribution in [0.1, 0.15) is 12.8 Å². The molecule has 0 aromatic rings. The minimum atomic E-state index is -0.738. The Kier molecular flexibility index (Phi) is 4.64. The van der Waals surface area contributed by atoms with Crippen molar-refractivity contribution in [3.05, 3.63) is 0 Å². The molecule has 0 spiro atoms. The number of thioether (sulfide) groups is 2. The van der Waals surface area contributed by atoms with Gasteiger partial charge in [0, 0.05) is 0 Å². The van der Waals surface area contributed by atoms with E-state index in [4.69, 9.17) is 5.11 Å². The lowest BCUT2D eigenvalue weighted by Crippen LogP contribution is -2.17. The first-order valence-electron chi connectivity index (χ1n) is 3.80. The molecule has 1 atom stereocenters. The highest BCUT2D eigenvalue weighted by Gasteiger charge is 2.17. The Labute approximate surface area is 75.1 Å². The van der Waals surface area contributed by atoms with E-state index in [1.54, 1.807) is 0 Å². The van der Waals surface area contributed by atoms with Gasteiger partial charge >= 0.3 is 0 Å². The molecule has 0 radical (unpaired) electrons. The van der Waals surface area contributed by atoms with Gasteiger partial charge in [-0.1, -0.05) is 0 Å². The summed E-state index contributed by atoms with van der Waals surface area (Å²) >= 11 is 3.69. The van der Waals surface area contributed by atoms with Crippen molar-refractivity contribution in [2.24, 2.45) is 0 Å². The molecule has 1 aliphatic heterocycles. The highest BCUT2D eigenvalue weighted by atomic mass is 32.2. The largest absolute Gasteiger partial charge is 0.390 e. The van der Waals surface area contributed by atoms with E-state index in [0.717, 1.165) is 11.5 Å². The fourth-order valence-electron chi connectivity index (χ4n) is 0.958. The maximum atomic E-state index is 11.9. The summed E-state index contributed by atoms with van der Waals surface area (Å²) in [7, 11) is 0. The van der Waals surface area contributed by atoms with Crippen LogP contribution in [0, 0.1) is 0 Å². The second-order valence-corrected chi connectivity index (χ2v) is 5.49. The van der Waals surface area contributed by atoms with Gasteiger partial charge in [-0.05, 0) is 24.3 Å². The lowest BCUT2D eigenvalue weighted by atomic mass is 10.3. The van der Waals surface area contributed by atoms with Gasteiger partial charge in [0.05, 0.1) is 10.7 Å². The van der Waals surface area contributed by atoms with Crippen LogP contribution in [0.15, 0.2) is 0 Å². The molecule has 1 saturated heterocycles. The van der Waals surface area contributed by atoms with Gasteiger partial charge in [-0.25, -0.2) is 4.39 Å². The Morgan fingerprint density at radius 2 is 2.09 bits per heavy atom. The molecule has 1 aliphatic rings. The number of halogens is 1. The van der Waals surface area contributed by atoms with E-state index in [1.807, 2.05) is 23.5 Å². The maximum absolute atomic E-state index is 11.9. The van der Waals surface area contributed by atoms with E-state index in [0.29, 0.717) is 11.0 Å². The summed E-state index contributed by atoms with van der Waals surface area (Å²) in [6.45, 7) is -0.600. The van der Waals surface area contributed by atoms with Crippen molar-refractivity contribution in [2.75, 3.05) is 18.2 Å². The number of rotatable bonds is 3. The summed E-state index contributed by atoms with van der Waals surface area (Å²) < 4.78 is 12.3. The fraction of sp³-hybridized carbons (Fsp3) is 1.00. The molecule has 0 saturated carbocycles. The molecular formula is C7H13FOS2. The molecule has 66 valence electrons. The fourth-order valence-corrected chi connectivity index (χ4v) is 3.97. The molecule has 0 amide bonds. The predicted octanol–water partition coefficient (Wildman–Crippen LogP) is 1.90. The normalized spacial score (nSPS) is 23.5. The number of aliphatic hydroxyl groups is 1. The van der Waals surface area contributed by atoms with Gasteiger partial charge in [-0.2, -0.15) is 0 Å². The van der Waals surface area contributed by atoms with Crippen LogP contribution >= 0.6 is 23.5 Å². The zero-order chi connectivity index (χ0) is 8.10. The van der Waals surface area contributed by atoms with E-state index in [2.05, 4.69) is 0 Å². The highest BCUT2D eigenvalue weighted by Crippen LogP contribution is 2.33. The second-order valence-electron chi connectivity index (χ2n) is 2.57. The van der Waals surface area contributed by atoms with E-state index in [1.165, 1.54) is 6.42 Å². The molecular weight excluding hydrogens is 183 g/mol. The van der Waals surface area contributed by atoms with E-state index >= 15 is 0 Å². The minimum Gasteiger partial charge on any atom is -0.390 e. The van der Waals surface area contributed by atoms with Crippen molar-refractivity contribution in [3.8, 4) is 0 Å². The van der Waals surface area contributed by atoms with E-state index < -0.39 is 12.8 Å². The van der Waals surface area contributed by atoms with Gasteiger partial charge in [0.15, 0.2) is 0 Å². The SMILES string of the molecule is O[C@H](CF)CC1SCCCS1. The molecule has 0 aliphatic carbocycles. The van der Waals surface area contributed by atoms with Crippen LogP contribution in [0.2, 0.25) is 0 Å². The van der Waals surface area contributed by atoms with Crippen LogP contribution in [0.25, 0.3) is 0 Å². The summed E-state index contributed by atoms with van der Waals surface area (Å²) in [4.78, 5) is 0. The maximum Gasteiger partial charge on any atom is 0.115 e. The monoisotopic (exact) mass is 196 g/mol. The van der Waals surface area contributed by atoms with Crippen molar-refractivity contribution < 1.29 is 9.50 Å². The topological polar surface area (TPSA) is 20.2 Å². The lowest BCUT2D eigenvalue weighted by Gasteiger charge is -2.21. The molecule has 1 heterocycles. The van der Waals surface area contributed by atoms with E-state index in [-0.39, 0.29) is 0 Å². The van der Waals surface area contributed by atoms with Crippen LogP contribution in [0.3, 0.4) is 0 Å². The summed E-state index contributed by atoms with van der Waals surface area (Å²) in [5.41, 5.74) is 0. The molecule has 0 aromatic heterocycles. The Morgan fingerprint density at radius 3 is 2.64 bits per heavy atom. The first-order valence-corrected chi connectivity index (χ1v) is 5.90. The first-order chi connectivity index (χ1) is 5.33. The molecule has 0 bridgehead atoms. The molecule has 1 N–H and O–H groups in total. The zero-order valence-electron chi connectivity index (χ0n) is 6.33. The average Bonchev–Trinajstić information content (AvgIpc) is 2.06. The van der Waals surface area contributed by atoms with Crippen molar-refractivity contribution in [3.63, 3.8) is 0 Å². The minimum absolute atomic E-state index is 0.425. The molecule has 1 nitrogen and oxygen atoms in total. The van der Waals surface area contributed by atoms with Gasteiger partial charge < -0.3 is 5.11 Å². The van der Waals surface area contributed by atoms with E-state index in [9.17, 15) is 4.39 Å². The van der Waals surface area contributed by atoms with Crippen LogP contribution in [-0.2, 0) is 0 Å². The zero-order valence-corrected chi connectivity index (χ0v) is 7.96. The van der Waals surface area contributed by atoms with Gasteiger partial charge in [-0.3, -0.25) is 0 Å². The third-order valence-corrected chi connectivity index (χ3v) is 4.53. The van der Waals surface area contributed by atoms with Gasteiger partial charge in [-0.15, -0.1) is 23.5 Å². The summed E-state index contributed by atoms with van der Waals surface area (Å²) in [5, 5.41) is 9.01. The van der Waals surface area contributed by atoms with Crippen LogP contribution < -0.4 is 0 Å². The van der Waals surface area contributed by atoms with Crippen molar-refractivity contribution >= 4 is 23.5 Å². The molecule has 4 heteroatoms. The smallest absolute Gasteiger partial charge is 0.115 e.